The van der Waals surface area contributed by atoms with Crippen LogP contribution in [-0.4, -0.2) is 24.3 Å². The van der Waals surface area contributed by atoms with Gasteiger partial charge in [-0.05, 0) is 24.0 Å². The normalized spacial score (nSPS) is 17.2. The van der Waals surface area contributed by atoms with Gasteiger partial charge in [-0.15, -0.1) is 0 Å². The number of benzene rings is 2. The smallest absolute Gasteiger partial charge is 0.306 e. The molecule has 2 aromatic carbocycles. The van der Waals surface area contributed by atoms with Crippen molar-refractivity contribution < 1.29 is 14.6 Å². The molecule has 0 amide bonds. The number of aliphatic hydroxyl groups is 1. The lowest BCUT2D eigenvalue weighted by molar-refractivity contribution is -0.146. The van der Waals surface area contributed by atoms with Crippen LogP contribution in [0, 0.1) is 0 Å². The van der Waals surface area contributed by atoms with E-state index in [1.807, 2.05) is 48.5 Å². The number of carbonyl (C=O) groups is 1. The Hall–Kier alpha value is -2.13. The molecule has 0 aromatic heterocycles. The molecule has 1 atom stereocenters. The minimum atomic E-state index is -0.167. The first-order valence-corrected chi connectivity index (χ1v) is 9.10. The predicted molar refractivity (Wildman–Crippen MR) is 98.4 cm³/mol. The minimum absolute atomic E-state index is 0.0267. The summed E-state index contributed by atoms with van der Waals surface area (Å²) in [5, 5.41) is 9.61. The summed E-state index contributed by atoms with van der Waals surface area (Å²) in [6.45, 7) is 0.200. The molecular formula is C22H26O3. The van der Waals surface area contributed by atoms with Crippen LogP contribution in [0.3, 0.4) is 0 Å². The molecule has 0 bridgehead atoms. The second kappa shape index (κ2) is 8.30. The molecule has 2 aromatic rings. The highest BCUT2D eigenvalue weighted by molar-refractivity contribution is 5.71. The minimum Gasteiger partial charge on any atom is -0.465 e. The van der Waals surface area contributed by atoms with Crippen molar-refractivity contribution in [2.75, 3.05) is 13.2 Å². The lowest BCUT2D eigenvalue weighted by Gasteiger charge is -2.29. The van der Waals surface area contributed by atoms with E-state index in [1.165, 1.54) is 5.56 Å². The van der Waals surface area contributed by atoms with Gasteiger partial charge in [0, 0.05) is 11.3 Å². The number of ether oxygens (including phenoxy) is 1. The van der Waals surface area contributed by atoms with Gasteiger partial charge in [-0.25, -0.2) is 0 Å². The fourth-order valence-corrected chi connectivity index (χ4v) is 3.91. The highest BCUT2D eigenvalue weighted by Crippen LogP contribution is 2.44. The fourth-order valence-electron chi connectivity index (χ4n) is 3.91. The van der Waals surface area contributed by atoms with E-state index >= 15 is 0 Å². The van der Waals surface area contributed by atoms with Crippen LogP contribution >= 0.6 is 0 Å². The van der Waals surface area contributed by atoms with E-state index in [0.29, 0.717) is 6.42 Å². The summed E-state index contributed by atoms with van der Waals surface area (Å²) in [7, 11) is 0. The van der Waals surface area contributed by atoms with E-state index in [-0.39, 0.29) is 30.5 Å². The lowest BCUT2D eigenvalue weighted by atomic mass is 9.76. The van der Waals surface area contributed by atoms with Crippen LogP contribution in [-0.2, 0) is 14.9 Å². The summed E-state index contributed by atoms with van der Waals surface area (Å²) < 4.78 is 5.56. The van der Waals surface area contributed by atoms with Crippen molar-refractivity contribution in [3.05, 3.63) is 71.8 Å². The maximum Gasteiger partial charge on any atom is 0.306 e. The molecule has 1 unspecified atom stereocenters. The van der Waals surface area contributed by atoms with Gasteiger partial charge in [0.15, 0.2) is 0 Å². The molecule has 3 nitrogen and oxygen atoms in total. The largest absolute Gasteiger partial charge is 0.465 e. The molecule has 0 spiro atoms. The Balaban J connectivity index is 1.63. The second-order valence-electron chi connectivity index (χ2n) is 7.00. The lowest BCUT2D eigenvalue weighted by Crippen LogP contribution is -2.28. The maximum absolute atomic E-state index is 12.5. The molecule has 132 valence electrons. The van der Waals surface area contributed by atoms with Crippen LogP contribution in [0.5, 0.6) is 0 Å². The second-order valence-corrected chi connectivity index (χ2v) is 7.00. The number of aliphatic hydroxyl groups excluding tert-OH is 1. The molecule has 1 aliphatic rings. The molecule has 1 fully saturated rings. The van der Waals surface area contributed by atoms with Crippen LogP contribution in [0.2, 0.25) is 0 Å². The SMILES string of the molecule is O=C(CC1(c2ccccc2)CCCC1)OCC(CO)c1ccccc1. The number of carbonyl (C=O) groups excluding carboxylic acids is 1. The van der Waals surface area contributed by atoms with Crippen LogP contribution in [0.15, 0.2) is 60.7 Å². The van der Waals surface area contributed by atoms with Gasteiger partial charge in [0.1, 0.15) is 6.61 Å². The molecule has 0 saturated heterocycles. The van der Waals surface area contributed by atoms with Gasteiger partial charge >= 0.3 is 5.97 Å². The van der Waals surface area contributed by atoms with E-state index in [4.69, 9.17) is 4.74 Å². The third-order valence-corrected chi connectivity index (χ3v) is 5.37. The third-order valence-electron chi connectivity index (χ3n) is 5.37. The van der Waals surface area contributed by atoms with Crippen LogP contribution in [0.25, 0.3) is 0 Å². The number of rotatable bonds is 7. The van der Waals surface area contributed by atoms with Crippen molar-refractivity contribution in [3.63, 3.8) is 0 Å². The standard InChI is InChI=1S/C22H26O3/c23-16-19(18-9-3-1-4-10-18)17-25-21(24)15-22(13-7-8-14-22)20-11-5-2-6-12-20/h1-6,9-12,19,23H,7-8,13-17H2. The molecule has 0 aliphatic heterocycles. The fraction of sp³-hybridized carbons (Fsp3) is 0.409. The van der Waals surface area contributed by atoms with Crippen molar-refractivity contribution in [3.8, 4) is 0 Å². The average molecular weight is 338 g/mol. The van der Waals surface area contributed by atoms with Gasteiger partial charge < -0.3 is 9.84 Å². The van der Waals surface area contributed by atoms with Gasteiger partial charge in [-0.1, -0.05) is 73.5 Å². The van der Waals surface area contributed by atoms with Gasteiger partial charge in [-0.2, -0.15) is 0 Å². The van der Waals surface area contributed by atoms with E-state index in [2.05, 4.69) is 12.1 Å². The Kier molecular flexibility index (Phi) is 5.87. The molecular weight excluding hydrogens is 312 g/mol. The number of hydrogen-bond acceptors (Lipinski definition) is 3. The van der Waals surface area contributed by atoms with Gasteiger partial charge in [-0.3, -0.25) is 4.79 Å². The first-order chi connectivity index (χ1) is 12.2. The summed E-state index contributed by atoms with van der Waals surface area (Å²) in [4.78, 5) is 12.5. The predicted octanol–water partition coefficient (Wildman–Crippen LogP) is 4.21. The molecule has 1 N–H and O–H groups in total. The number of hydrogen-bond donors (Lipinski definition) is 1. The van der Waals surface area contributed by atoms with E-state index in [9.17, 15) is 9.90 Å². The summed E-state index contributed by atoms with van der Waals surface area (Å²) in [5.74, 6) is -0.332. The molecule has 0 radical (unpaired) electrons. The molecule has 3 heteroatoms. The first-order valence-electron chi connectivity index (χ1n) is 9.10. The van der Waals surface area contributed by atoms with Crippen LogP contribution in [0.1, 0.15) is 49.1 Å². The summed E-state index contributed by atoms with van der Waals surface area (Å²) in [6.07, 6.45) is 4.81. The van der Waals surface area contributed by atoms with Crippen molar-refractivity contribution in [1.82, 2.24) is 0 Å². The summed E-state index contributed by atoms with van der Waals surface area (Å²) in [5.41, 5.74) is 2.16. The topological polar surface area (TPSA) is 46.5 Å². The van der Waals surface area contributed by atoms with E-state index < -0.39 is 0 Å². The maximum atomic E-state index is 12.5. The van der Waals surface area contributed by atoms with Crippen molar-refractivity contribution >= 4 is 5.97 Å². The quantitative estimate of drug-likeness (QED) is 0.769. The molecule has 3 rings (SSSR count). The average Bonchev–Trinajstić information content (AvgIpc) is 3.13. The monoisotopic (exact) mass is 338 g/mol. The Morgan fingerprint density at radius 2 is 1.60 bits per heavy atom. The van der Waals surface area contributed by atoms with Gasteiger partial charge in [0.2, 0.25) is 0 Å². The van der Waals surface area contributed by atoms with E-state index in [0.717, 1.165) is 31.2 Å². The zero-order valence-electron chi connectivity index (χ0n) is 14.6. The molecule has 25 heavy (non-hydrogen) atoms. The van der Waals surface area contributed by atoms with E-state index in [1.54, 1.807) is 0 Å². The van der Waals surface area contributed by atoms with Gasteiger partial charge in [0.25, 0.3) is 0 Å². The Labute approximate surface area is 149 Å². The Morgan fingerprint density at radius 3 is 2.20 bits per heavy atom. The molecule has 1 aliphatic carbocycles. The van der Waals surface area contributed by atoms with Crippen LogP contribution in [0.4, 0.5) is 0 Å². The zero-order valence-corrected chi connectivity index (χ0v) is 14.6. The first kappa shape index (κ1) is 17.7. The summed E-state index contributed by atoms with van der Waals surface area (Å²) >= 11 is 0. The molecule has 1 saturated carbocycles. The van der Waals surface area contributed by atoms with Crippen molar-refractivity contribution in [2.24, 2.45) is 0 Å². The molecule has 0 heterocycles. The van der Waals surface area contributed by atoms with Crippen LogP contribution < -0.4 is 0 Å². The highest BCUT2D eigenvalue weighted by atomic mass is 16.5. The van der Waals surface area contributed by atoms with Crippen molar-refractivity contribution in [1.29, 1.82) is 0 Å². The Bertz CT molecular complexity index is 660. The third kappa shape index (κ3) is 4.29. The highest BCUT2D eigenvalue weighted by Gasteiger charge is 2.38. The summed E-state index contributed by atoms with van der Waals surface area (Å²) in [6, 6.07) is 20.1. The van der Waals surface area contributed by atoms with Gasteiger partial charge in [0.05, 0.1) is 13.0 Å². The van der Waals surface area contributed by atoms with Crippen molar-refractivity contribution in [2.45, 2.75) is 43.4 Å². The number of esters is 1. The Morgan fingerprint density at radius 1 is 1.00 bits per heavy atom. The zero-order chi connectivity index (χ0) is 17.5.